The Labute approximate surface area is 82.8 Å². The lowest BCUT2D eigenvalue weighted by Gasteiger charge is -2.26. The molecule has 3 nitrogen and oxygen atoms in total. The van der Waals surface area contributed by atoms with Crippen molar-refractivity contribution in [3.8, 4) is 0 Å². The molecule has 0 atom stereocenters. The molecule has 0 saturated carbocycles. The number of hydrogen-bond acceptors (Lipinski definition) is 3. The predicted octanol–water partition coefficient (Wildman–Crippen LogP) is 1.62. The van der Waals surface area contributed by atoms with Gasteiger partial charge in [0.25, 0.3) is 0 Å². The van der Waals surface area contributed by atoms with E-state index in [0.717, 1.165) is 25.4 Å². The van der Waals surface area contributed by atoms with E-state index in [9.17, 15) is 4.79 Å². The first-order valence-corrected chi connectivity index (χ1v) is 5.50. The molecule has 1 heterocycles. The number of ether oxygens (including phenoxy) is 1. The van der Waals surface area contributed by atoms with Gasteiger partial charge in [-0.3, -0.25) is 4.79 Å². The zero-order valence-corrected chi connectivity index (χ0v) is 8.89. The van der Waals surface area contributed by atoms with E-state index in [2.05, 4.69) is 0 Å². The Morgan fingerprint density at radius 2 is 2.23 bits per heavy atom. The standard InChI is InChI=1S/C9H16O3S/c1-9(2,8(10)11)3-4-13-7-5-12-6-7/h7H,3-6H2,1-2H3,(H,10,11). The van der Waals surface area contributed by atoms with Crippen LogP contribution in [0.4, 0.5) is 0 Å². The molecule has 0 aromatic carbocycles. The molecule has 1 fully saturated rings. The second-order valence-corrected chi connectivity index (χ2v) is 5.38. The highest BCUT2D eigenvalue weighted by Gasteiger charge is 2.27. The highest BCUT2D eigenvalue weighted by Crippen LogP contribution is 2.26. The van der Waals surface area contributed by atoms with Gasteiger partial charge in [0.2, 0.25) is 0 Å². The SMILES string of the molecule is CC(C)(CCSC1COC1)C(=O)O. The first kappa shape index (κ1) is 10.9. The summed E-state index contributed by atoms with van der Waals surface area (Å²) < 4.78 is 5.03. The zero-order chi connectivity index (χ0) is 9.90. The van der Waals surface area contributed by atoms with Gasteiger partial charge in [0.05, 0.1) is 23.9 Å². The molecule has 0 amide bonds. The highest BCUT2D eigenvalue weighted by atomic mass is 32.2. The summed E-state index contributed by atoms with van der Waals surface area (Å²) in [6, 6.07) is 0. The second kappa shape index (κ2) is 4.33. The van der Waals surface area contributed by atoms with Gasteiger partial charge in [-0.25, -0.2) is 0 Å². The first-order valence-electron chi connectivity index (χ1n) is 4.45. The minimum atomic E-state index is -0.710. The van der Waals surface area contributed by atoms with Crippen molar-refractivity contribution in [1.29, 1.82) is 0 Å². The van der Waals surface area contributed by atoms with E-state index in [4.69, 9.17) is 9.84 Å². The fourth-order valence-corrected chi connectivity index (χ4v) is 2.24. The van der Waals surface area contributed by atoms with Crippen molar-refractivity contribution in [3.05, 3.63) is 0 Å². The topological polar surface area (TPSA) is 46.5 Å². The van der Waals surface area contributed by atoms with Crippen LogP contribution in [0.25, 0.3) is 0 Å². The van der Waals surface area contributed by atoms with Crippen LogP contribution in [0, 0.1) is 5.41 Å². The first-order chi connectivity index (χ1) is 6.02. The molecule has 1 N–H and O–H groups in total. The van der Waals surface area contributed by atoms with Gasteiger partial charge in [0.15, 0.2) is 0 Å². The number of carbonyl (C=O) groups is 1. The normalized spacial score (nSPS) is 18.3. The van der Waals surface area contributed by atoms with E-state index >= 15 is 0 Å². The Bertz CT molecular complexity index is 187. The minimum Gasteiger partial charge on any atom is -0.481 e. The van der Waals surface area contributed by atoms with Crippen molar-refractivity contribution >= 4 is 17.7 Å². The van der Waals surface area contributed by atoms with Crippen LogP contribution in [-0.2, 0) is 9.53 Å². The number of aliphatic carboxylic acids is 1. The summed E-state index contributed by atoms with van der Waals surface area (Å²) in [6.07, 6.45) is 0.726. The maximum atomic E-state index is 10.7. The molecule has 1 aliphatic heterocycles. The van der Waals surface area contributed by atoms with Gasteiger partial charge < -0.3 is 9.84 Å². The Morgan fingerprint density at radius 3 is 2.62 bits per heavy atom. The summed E-state index contributed by atoms with van der Waals surface area (Å²) in [5, 5.41) is 9.45. The van der Waals surface area contributed by atoms with E-state index in [1.54, 1.807) is 13.8 Å². The zero-order valence-electron chi connectivity index (χ0n) is 8.08. The fraction of sp³-hybridized carbons (Fsp3) is 0.889. The molecule has 0 aromatic heterocycles. The van der Waals surface area contributed by atoms with Crippen molar-refractivity contribution in [1.82, 2.24) is 0 Å². The van der Waals surface area contributed by atoms with E-state index in [1.807, 2.05) is 11.8 Å². The summed E-state index contributed by atoms with van der Waals surface area (Å²) in [7, 11) is 0. The van der Waals surface area contributed by atoms with E-state index in [1.165, 1.54) is 0 Å². The minimum absolute atomic E-state index is 0.586. The van der Waals surface area contributed by atoms with Gasteiger partial charge in [-0.15, -0.1) is 0 Å². The van der Waals surface area contributed by atoms with Crippen molar-refractivity contribution < 1.29 is 14.6 Å². The molecule has 4 heteroatoms. The summed E-state index contributed by atoms with van der Waals surface area (Å²) in [6.45, 7) is 5.21. The Kier molecular flexibility index (Phi) is 3.62. The van der Waals surface area contributed by atoms with Crippen LogP contribution in [0.5, 0.6) is 0 Å². The molecule has 76 valence electrons. The molecule has 0 unspecified atom stereocenters. The lowest BCUT2D eigenvalue weighted by atomic mass is 9.91. The molecule has 13 heavy (non-hydrogen) atoms. The third kappa shape index (κ3) is 3.19. The summed E-state index contributed by atoms with van der Waals surface area (Å²) >= 11 is 1.82. The molecule has 0 aromatic rings. The van der Waals surface area contributed by atoms with Crippen LogP contribution in [-0.4, -0.2) is 35.3 Å². The number of carboxylic acids is 1. The Morgan fingerprint density at radius 1 is 1.62 bits per heavy atom. The van der Waals surface area contributed by atoms with Gasteiger partial charge in [-0.1, -0.05) is 0 Å². The van der Waals surface area contributed by atoms with Gasteiger partial charge in [0, 0.05) is 0 Å². The second-order valence-electron chi connectivity index (χ2n) is 3.97. The van der Waals surface area contributed by atoms with Gasteiger partial charge in [-0.05, 0) is 26.0 Å². The predicted molar refractivity (Wildman–Crippen MR) is 53.1 cm³/mol. The average Bonchev–Trinajstić information content (AvgIpc) is 1.94. The summed E-state index contributed by atoms with van der Waals surface area (Å²) in [5.41, 5.74) is -0.586. The van der Waals surface area contributed by atoms with E-state index in [0.29, 0.717) is 5.25 Å². The summed E-state index contributed by atoms with van der Waals surface area (Å²) in [4.78, 5) is 10.7. The maximum Gasteiger partial charge on any atom is 0.309 e. The molecule has 0 radical (unpaired) electrons. The lowest BCUT2D eigenvalue weighted by molar-refractivity contribution is -0.146. The number of thioether (sulfide) groups is 1. The Hall–Kier alpha value is -0.220. The summed E-state index contributed by atoms with van der Waals surface area (Å²) in [5.74, 6) is 0.200. The number of carboxylic acid groups (broad SMARTS) is 1. The van der Waals surface area contributed by atoms with Crippen LogP contribution in [0.1, 0.15) is 20.3 Å². The third-order valence-electron chi connectivity index (χ3n) is 2.27. The molecule has 1 aliphatic rings. The smallest absolute Gasteiger partial charge is 0.309 e. The molecule has 0 bridgehead atoms. The van der Waals surface area contributed by atoms with Crippen molar-refractivity contribution in [2.45, 2.75) is 25.5 Å². The lowest BCUT2D eigenvalue weighted by Crippen LogP contribution is -2.31. The van der Waals surface area contributed by atoms with Crippen LogP contribution < -0.4 is 0 Å². The van der Waals surface area contributed by atoms with Crippen LogP contribution in [0.15, 0.2) is 0 Å². The van der Waals surface area contributed by atoms with E-state index < -0.39 is 11.4 Å². The number of rotatable bonds is 5. The highest BCUT2D eigenvalue weighted by molar-refractivity contribution is 8.00. The van der Waals surface area contributed by atoms with Crippen molar-refractivity contribution in [2.24, 2.45) is 5.41 Å². The average molecular weight is 204 g/mol. The maximum absolute atomic E-state index is 10.7. The molecule has 1 saturated heterocycles. The largest absolute Gasteiger partial charge is 0.481 e. The van der Waals surface area contributed by atoms with Gasteiger partial charge in [0.1, 0.15) is 0 Å². The van der Waals surface area contributed by atoms with Crippen molar-refractivity contribution in [2.75, 3.05) is 19.0 Å². The van der Waals surface area contributed by atoms with Gasteiger partial charge >= 0.3 is 5.97 Å². The Balaban J connectivity index is 2.13. The van der Waals surface area contributed by atoms with E-state index in [-0.39, 0.29) is 0 Å². The van der Waals surface area contributed by atoms with Crippen LogP contribution in [0.3, 0.4) is 0 Å². The molecule has 0 aliphatic carbocycles. The monoisotopic (exact) mass is 204 g/mol. The molecule has 1 rings (SSSR count). The molecular weight excluding hydrogens is 188 g/mol. The molecule has 0 spiro atoms. The van der Waals surface area contributed by atoms with Crippen molar-refractivity contribution in [3.63, 3.8) is 0 Å². The fourth-order valence-electron chi connectivity index (χ4n) is 0.898. The quantitative estimate of drug-likeness (QED) is 0.739. The van der Waals surface area contributed by atoms with Gasteiger partial charge in [-0.2, -0.15) is 11.8 Å². The van der Waals surface area contributed by atoms with Crippen LogP contribution in [0.2, 0.25) is 0 Å². The molecular formula is C9H16O3S. The van der Waals surface area contributed by atoms with Crippen LogP contribution >= 0.6 is 11.8 Å². The number of hydrogen-bond donors (Lipinski definition) is 1. The third-order valence-corrected chi connectivity index (χ3v) is 3.45.